The van der Waals surface area contributed by atoms with Crippen LogP contribution in [0.4, 0.5) is 8.78 Å². The molecule has 0 radical (unpaired) electrons. The van der Waals surface area contributed by atoms with Gasteiger partial charge in [0.2, 0.25) is 0 Å². The lowest BCUT2D eigenvalue weighted by Crippen LogP contribution is -2.45. The van der Waals surface area contributed by atoms with Gasteiger partial charge in [0.05, 0.1) is 23.2 Å². The summed E-state index contributed by atoms with van der Waals surface area (Å²) in [5.41, 5.74) is 3.63. The summed E-state index contributed by atoms with van der Waals surface area (Å²) in [6.45, 7) is 2.12. The summed E-state index contributed by atoms with van der Waals surface area (Å²) >= 11 is 6.20. The van der Waals surface area contributed by atoms with Crippen LogP contribution in [-0.4, -0.2) is 20.5 Å². The third-order valence-corrected chi connectivity index (χ3v) is 7.53. The van der Waals surface area contributed by atoms with Crippen molar-refractivity contribution in [1.29, 1.82) is 0 Å². The molecule has 1 saturated carbocycles. The first kappa shape index (κ1) is 20.4. The predicted molar refractivity (Wildman–Crippen MR) is 117 cm³/mol. The summed E-state index contributed by atoms with van der Waals surface area (Å²) in [6.07, 6.45) is 7.27. The Hall–Kier alpha value is -2.50. The molecule has 31 heavy (non-hydrogen) atoms. The number of hydrogen-bond donors (Lipinski definition) is 1. The largest absolute Gasteiger partial charge is 0.389 e. The minimum absolute atomic E-state index is 0.280. The number of fused-ring (bicyclic) bond motifs is 2. The molecule has 2 aromatic carbocycles. The Balaban J connectivity index is 1.43. The van der Waals surface area contributed by atoms with E-state index < -0.39 is 11.0 Å². The van der Waals surface area contributed by atoms with Crippen molar-refractivity contribution >= 4 is 17.7 Å². The Morgan fingerprint density at radius 2 is 1.87 bits per heavy atom. The third kappa shape index (κ3) is 3.31. The first-order chi connectivity index (χ1) is 14.8. The second-order valence-electron chi connectivity index (χ2n) is 8.89. The lowest BCUT2D eigenvalue weighted by molar-refractivity contribution is -0.0461. The van der Waals surface area contributed by atoms with Crippen LogP contribution in [0.3, 0.4) is 0 Å². The van der Waals surface area contributed by atoms with Crippen molar-refractivity contribution < 1.29 is 13.9 Å². The molecule has 1 N–H and O–H groups in total. The van der Waals surface area contributed by atoms with Gasteiger partial charge in [0.25, 0.3) is 0 Å². The summed E-state index contributed by atoms with van der Waals surface area (Å²) in [5, 5.41) is 16.6. The monoisotopic (exact) mass is 440 g/mol. The maximum absolute atomic E-state index is 13.4. The van der Waals surface area contributed by atoms with E-state index in [1.165, 1.54) is 29.8 Å². The van der Waals surface area contributed by atoms with Crippen LogP contribution in [0.15, 0.2) is 54.2 Å². The van der Waals surface area contributed by atoms with Gasteiger partial charge < -0.3 is 5.11 Å². The van der Waals surface area contributed by atoms with E-state index in [1.54, 1.807) is 18.2 Å². The van der Waals surface area contributed by atoms with Gasteiger partial charge in [-0.2, -0.15) is 5.10 Å². The fourth-order valence-electron chi connectivity index (χ4n) is 5.18. The molecule has 1 aromatic heterocycles. The highest BCUT2D eigenvalue weighted by Gasteiger charge is 2.54. The zero-order chi connectivity index (χ0) is 21.8. The van der Waals surface area contributed by atoms with Crippen LogP contribution >= 0.6 is 11.6 Å². The summed E-state index contributed by atoms with van der Waals surface area (Å²) < 4.78 is 28.5. The Labute approximate surface area is 185 Å². The van der Waals surface area contributed by atoms with E-state index >= 15 is 0 Å². The van der Waals surface area contributed by atoms with Crippen LogP contribution in [0.25, 0.3) is 11.8 Å². The molecule has 1 fully saturated rings. The van der Waals surface area contributed by atoms with Crippen molar-refractivity contribution in [2.45, 2.75) is 44.6 Å². The second kappa shape index (κ2) is 7.28. The van der Waals surface area contributed by atoms with E-state index in [9.17, 15) is 13.9 Å². The smallest absolute Gasteiger partial charge is 0.124 e. The summed E-state index contributed by atoms with van der Waals surface area (Å²) in [6, 6.07) is 10.7. The maximum atomic E-state index is 13.4. The molecular weight excluding hydrogens is 418 g/mol. The number of aryl methyl sites for hydroxylation is 1. The summed E-state index contributed by atoms with van der Waals surface area (Å²) in [5.74, 6) is -0.638. The Bertz CT molecular complexity index is 1190. The van der Waals surface area contributed by atoms with Gasteiger partial charge in [-0.15, -0.1) is 0 Å². The molecule has 2 aliphatic rings. The van der Waals surface area contributed by atoms with Crippen molar-refractivity contribution in [3.63, 3.8) is 0 Å². The molecule has 0 unspecified atom stereocenters. The van der Waals surface area contributed by atoms with E-state index in [-0.39, 0.29) is 11.6 Å². The Morgan fingerprint density at radius 1 is 1.13 bits per heavy atom. The lowest BCUT2D eigenvalue weighted by Gasteiger charge is -2.42. The van der Waals surface area contributed by atoms with Crippen LogP contribution in [0, 0.1) is 17.0 Å². The SMILES string of the molecule is C[C@]12Cc3cnn(-c4ccc(F)cc4)c3C=C1CC[C@@]2(O)CCc1ccc(F)cc1Cl. The summed E-state index contributed by atoms with van der Waals surface area (Å²) in [4.78, 5) is 0. The number of nitrogens with zero attached hydrogens (tertiary/aromatic N) is 2. The fourth-order valence-corrected chi connectivity index (χ4v) is 5.45. The molecule has 0 saturated heterocycles. The molecular formula is C25H23ClF2N2O. The topological polar surface area (TPSA) is 38.0 Å². The van der Waals surface area contributed by atoms with Crippen molar-refractivity contribution in [2.24, 2.45) is 5.41 Å². The average Bonchev–Trinajstić information content (AvgIpc) is 3.24. The number of hydrogen-bond acceptors (Lipinski definition) is 2. The Morgan fingerprint density at radius 3 is 2.61 bits per heavy atom. The summed E-state index contributed by atoms with van der Waals surface area (Å²) in [7, 11) is 0. The number of aliphatic hydroxyl groups is 1. The number of rotatable bonds is 4. The highest BCUT2D eigenvalue weighted by Crippen LogP contribution is 2.56. The first-order valence-electron chi connectivity index (χ1n) is 10.5. The van der Waals surface area contributed by atoms with E-state index in [2.05, 4.69) is 18.1 Å². The standard InChI is InChI=1S/C25H23ClF2N2O/c1-24-14-17-15-29-30(21-6-4-19(27)5-7-21)23(17)12-18(24)9-11-25(24,31)10-8-16-2-3-20(28)13-22(16)26/h2-7,12-13,15,31H,8-11,14H2,1H3/t24-,25-/m0/s1. The first-order valence-corrected chi connectivity index (χ1v) is 10.9. The normalized spacial score (nSPS) is 24.6. The molecule has 2 atom stereocenters. The van der Waals surface area contributed by atoms with Crippen LogP contribution in [0.5, 0.6) is 0 Å². The molecule has 0 amide bonds. The molecule has 3 nitrogen and oxygen atoms in total. The third-order valence-electron chi connectivity index (χ3n) is 7.18. The molecule has 5 rings (SSSR count). The average molecular weight is 441 g/mol. The van der Waals surface area contributed by atoms with Gasteiger partial charge in [0, 0.05) is 10.4 Å². The lowest BCUT2D eigenvalue weighted by atomic mass is 9.65. The van der Waals surface area contributed by atoms with E-state index in [1.807, 2.05) is 10.9 Å². The molecule has 0 bridgehead atoms. The highest BCUT2D eigenvalue weighted by atomic mass is 35.5. The number of benzene rings is 2. The zero-order valence-corrected chi connectivity index (χ0v) is 18.0. The van der Waals surface area contributed by atoms with Gasteiger partial charge in [0.1, 0.15) is 11.6 Å². The molecule has 160 valence electrons. The van der Waals surface area contributed by atoms with Crippen molar-refractivity contribution in [1.82, 2.24) is 9.78 Å². The predicted octanol–water partition coefficient (Wildman–Crippen LogP) is 5.91. The zero-order valence-electron chi connectivity index (χ0n) is 17.2. The van der Waals surface area contributed by atoms with Gasteiger partial charge in [-0.3, -0.25) is 0 Å². The van der Waals surface area contributed by atoms with Crippen LogP contribution in [0.2, 0.25) is 5.02 Å². The van der Waals surface area contributed by atoms with Gasteiger partial charge >= 0.3 is 0 Å². The quantitative estimate of drug-likeness (QED) is 0.547. The Kier molecular flexibility index (Phi) is 4.79. The van der Waals surface area contributed by atoms with Gasteiger partial charge in [0.15, 0.2) is 0 Å². The number of halogens is 3. The molecule has 6 heteroatoms. The van der Waals surface area contributed by atoms with Crippen molar-refractivity contribution in [3.05, 3.63) is 87.7 Å². The number of aromatic nitrogens is 2. The van der Waals surface area contributed by atoms with E-state index in [4.69, 9.17) is 11.6 Å². The van der Waals surface area contributed by atoms with E-state index in [0.717, 1.165) is 28.9 Å². The van der Waals surface area contributed by atoms with Gasteiger partial charge in [-0.05, 0) is 85.7 Å². The van der Waals surface area contributed by atoms with Crippen molar-refractivity contribution in [2.75, 3.05) is 0 Å². The fraction of sp³-hybridized carbons (Fsp3) is 0.320. The molecule has 2 aliphatic carbocycles. The van der Waals surface area contributed by atoms with Crippen LogP contribution < -0.4 is 0 Å². The van der Waals surface area contributed by atoms with Gasteiger partial charge in [-0.1, -0.05) is 30.2 Å². The molecule has 3 aromatic rings. The van der Waals surface area contributed by atoms with Gasteiger partial charge in [-0.25, -0.2) is 13.5 Å². The van der Waals surface area contributed by atoms with Crippen molar-refractivity contribution in [3.8, 4) is 5.69 Å². The molecule has 1 heterocycles. The van der Waals surface area contributed by atoms with Crippen LogP contribution in [-0.2, 0) is 12.8 Å². The van der Waals surface area contributed by atoms with Crippen LogP contribution in [0.1, 0.15) is 43.0 Å². The highest BCUT2D eigenvalue weighted by molar-refractivity contribution is 6.31. The minimum Gasteiger partial charge on any atom is -0.389 e. The molecule has 0 aliphatic heterocycles. The maximum Gasteiger partial charge on any atom is 0.124 e. The molecule has 0 spiro atoms. The van der Waals surface area contributed by atoms with E-state index in [0.29, 0.717) is 30.7 Å². The minimum atomic E-state index is -0.883. The second-order valence-corrected chi connectivity index (χ2v) is 9.30.